The largest absolute Gasteiger partial charge is 0.496 e. The average Bonchev–Trinajstić information content (AvgIpc) is 2.72. The minimum absolute atomic E-state index is 0.120. The first-order valence-electron chi connectivity index (χ1n) is 8.80. The summed E-state index contributed by atoms with van der Waals surface area (Å²) in [5, 5.41) is 11.0. The van der Waals surface area contributed by atoms with Crippen LogP contribution in [0, 0.1) is 10.1 Å². The number of nitro groups is 1. The summed E-state index contributed by atoms with van der Waals surface area (Å²) in [4.78, 5) is 37.7. The van der Waals surface area contributed by atoms with Crippen LogP contribution in [0.2, 0.25) is 0 Å². The molecule has 0 N–H and O–H groups in total. The zero-order valence-corrected chi connectivity index (χ0v) is 16.0. The van der Waals surface area contributed by atoms with Gasteiger partial charge in [0.1, 0.15) is 11.3 Å². The van der Waals surface area contributed by atoms with Gasteiger partial charge >= 0.3 is 5.97 Å². The maximum atomic E-state index is 12.9. The molecule has 0 saturated heterocycles. The van der Waals surface area contributed by atoms with Crippen molar-refractivity contribution in [1.29, 1.82) is 0 Å². The quantitative estimate of drug-likeness (QED) is 0.392. The highest BCUT2D eigenvalue weighted by Gasteiger charge is 2.30. The van der Waals surface area contributed by atoms with Gasteiger partial charge in [-0.15, -0.1) is 0 Å². The van der Waals surface area contributed by atoms with Crippen molar-refractivity contribution >= 4 is 17.6 Å². The number of carbonyl (C=O) groups excluding carboxylic acids is 2. The minimum atomic E-state index is -1.17. The van der Waals surface area contributed by atoms with E-state index in [1.54, 1.807) is 35.2 Å². The molecule has 1 amide bonds. The summed E-state index contributed by atoms with van der Waals surface area (Å²) >= 11 is 0. The minimum Gasteiger partial charge on any atom is -0.496 e. The van der Waals surface area contributed by atoms with Crippen LogP contribution in [0.25, 0.3) is 0 Å². The Kier molecular flexibility index (Phi) is 7.08. The number of carbonyl (C=O) groups is 2. The molecule has 0 aromatic heterocycles. The summed E-state index contributed by atoms with van der Waals surface area (Å²) in [7, 11) is 1.34. The van der Waals surface area contributed by atoms with Gasteiger partial charge in [-0.05, 0) is 19.9 Å². The lowest BCUT2D eigenvalue weighted by atomic mass is 10.1. The van der Waals surface area contributed by atoms with Crippen LogP contribution in [0.1, 0.15) is 35.9 Å². The van der Waals surface area contributed by atoms with E-state index in [-0.39, 0.29) is 22.9 Å². The van der Waals surface area contributed by atoms with Crippen molar-refractivity contribution in [1.82, 2.24) is 4.90 Å². The summed E-state index contributed by atoms with van der Waals surface area (Å²) in [6.45, 7) is 4.57. The number of methoxy groups -OCH3 is 1. The predicted molar refractivity (Wildman–Crippen MR) is 102 cm³/mol. The van der Waals surface area contributed by atoms with E-state index < -0.39 is 17.0 Å². The Morgan fingerprint density at radius 1 is 1.11 bits per heavy atom. The summed E-state index contributed by atoms with van der Waals surface area (Å²) in [6.07, 6.45) is -1.17. The molecule has 0 aliphatic heterocycles. The Bertz CT molecular complexity index is 849. The van der Waals surface area contributed by atoms with E-state index in [2.05, 4.69) is 0 Å². The molecule has 2 aromatic carbocycles. The number of hydrogen-bond acceptors (Lipinski definition) is 6. The average molecular weight is 386 g/mol. The molecule has 0 radical (unpaired) electrons. The monoisotopic (exact) mass is 386 g/mol. The van der Waals surface area contributed by atoms with E-state index in [1.807, 2.05) is 13.8 Å². The molecular formula is C20H22N2O6. The highest BCUT2D eigenvalue weighted by Crippen LogP contribution is 2.28. The van der Waals surface area contributed by atoms with Gasteiger partial charge in [0.05, 0.1) is 12.0 Å². The van der Waals surface area contributed by atoms with Crippen molar-refractivity contribution < 1.29 is 24.0 Å². The smallest absolute Gasteiger partial charge is 0.343 e. The van der Waals surface area contributed by atoms with Gasteiger partial charge in [0.25, 0.3) is 11.6 Å². The van der Waals surface area contributed by atoms with Gasteiger partial charge in [-0.1, -0.05) is 30.3 Å². The molecule has 8 heteroatoms. The summed E-state index contributed by atoms with van der Waals surface area (Å²) in [6, 6.07) is 12.2. The Morgan fingerprint density at radius 3 is 2.29 bits per heavy atom. The van der Waals surface area contributed by atoms with E-state index in [4.69, 9.17) is 9.47 Å². The molecule has 0 fully saturated rings. The lowest BCUT2D eigenvalue weighted by Crippen LogP contribution is -2.36. The molecule has 0 bridgehead atoms. The van der Waals surface area contributed by atoms with Gasteiger partial charge in [-0.2, -0.15) is 0 Å². The molecule has 28 heavy (non-hydrogen) atoms. The predicted octanol–water partition coefficient (Wildman–Crippen LogP) is 3.37. The van der Waals surface area contributed by atoms with Gasteiger partial charge in [0, 0.05) is 30.8 Å². The standard InChI is InChI=1S/C20H22N2O6/c1-4-21(5-2)19(23)18(14-9-7-6-8-10-14)28-20(24)16-13-15(22(25)26)11-12-17(16)27-3/h6-13,18H,4-5H2,1-3H3/t18-/m1/s1. The Labute approximate surface area is 162 Å². The lowest BCUT2D eigenvalue weighted by molar-refractivity contribution is -0.384. The molecular weight excluding hydrogens is 364 g/mol. The van der Waals surface area contributed by atoms with Gasteiger partial charge in [-0.25, -0.2) is 4.79 Å². The number of hydrogen-bond donors (Lipinski definition) is 0. The molecule has 0 heterocycles. The van der Waals surface area contributed by atoms with Gasteiger partial charge in [-0.3, -0.25) is 14.9 Å². The third-order valence-corrected chi connectivity index (χ3v) is 4.24. The molecule has 0 unspecified atom stereocenters. The third kappa shape index (κ3) is 4.64. The van der Waals surface area contributed by atoms with Gasteiger partial charge in [0.15, 0.2) is 0 Å². The molecule has 2 rings (SSSR count). The number of esters is 1. The number of nitro benzene ring substituents is 1. The second-order valence-electron chi connectivity index (χ2n) is 5.85. The number of rotatable bonds is 8. The van der Waals surface area contributed by atoms with Crippen molar-refractivity contribution in [3.63, 3.8) is 0 Å². The van der Waals surface area contributed by atoms with Crippen molar-refractivity contribution in [2.45, 2.75) is 20.0 Å². The van der Waals surface area contributed by atoms with E-state index in [1.165, 1.54) is 19.2 Å². The molecule has 0 spiro atoms. The van der Waals surface area contributed by atoms with Crippen LogP contribution >= 0.6 is 0 Å². The number of amides is 1. The first kappa shape index (κ1) is 20.9. The van der Waals surface area contributed by atoms with Crippen molar-refractivity contribution in [3.05, 3.63) is 69.8 Å². The molecule has 148 valence electrons. The van der Waals surface area contributed by atoms with Crippen LogP contribution in [0.15, 0.2) is 48.5 Å². The fourth-order valence-corrected chi connectivity index (χ4v) is 2.73. The van der Waals surface area contributed by atoms with E-state index in [0.717, 1.165) is 6.07 Å². The fourth-order valence-electron chi connectivity index (χ4n) is 2.73. The number of benzene rings is 2. The van der Waals surface area contributed by atoms with Crippen molar-refractivity contribution in [2.75, 3.05) is 20.2 Å². The first-order chi connectivity index (χ1) is 13.4. The van der Waals surface area contributed by atoms with Gasteiger partial charge < -0.3 is 14.4 Å². The number of likely N-dealkylation sites (N-methyl/N-ethyl adjacent to an activating group) is 1. The highest BCUT2D eigenvalue weighted by atomic mass is 16.6. The summed E-state index contributed by atoms with van der Waals surface area (Å²) < 4.78 is 10.6. The second-order valence-corrected chi connectivity index (χ2v) is 5.85. The second kappa shape index (κ2) is 9.50. The first-order valence-corrected chi connectivity index (χ1v) is 8.80. The molecule has 0 aliphatic carbocycles. The zero-order chi connectivity index (χ0) is 20.7. The Hall–Kier alpha value is -3.42. The van der Waals surface area contributed by atoms with Gasteiger partial charge in [0.2, 0.25) is 6.10 Å². The van der Waals surface area contributed by atoms with Crippen LogP contribution in [0.4, 0.5) is 5.69 Å². The van der Waals surface area contributed by atoms with E-state index >= 15 is 0 Å². The molecule has 8 nitrogen and oxygen atoms in total. The topological polar surface area (TPSA) is 99.0 Å². The molecule has 1 atom stereocenters. The summed E-state index contributed by atoms with van der Waals surface area (Å²) in [5.74, 6) is -1.12. The van der Waals surface area contributed by atoms with Crippen molar-refractivity contribution in [3.8, 4) is 5.75 Å². The number of non-ortho nitro benzene ring substituents is 1. The maximum absolute atomic E-state index is 12.9. The normalized spacial score (nSPS) is 11.4. The van der Waals surface area contributed by atoms with Crippen LogP contribution < -0.4 is 4.74 Å². The Morgan fingerprint density at radius 2 is 1.75 bits per heavy atom. The van der Waals surface area contributed by atoms with Crippen LogP contribution in [-0.4, -0.2) is 41.9 Å². The Balaban J connectivity index is 2.41. The van der Waals surface area contributed by atoms with E-state index in [9.17, 15) is 19.7 Å². The molecule has 2 aromatic rings. The number of ether oxygens (including phenoxy) is 2. The summed E-state index contributed by atoms with van der Waals surface area (Å²) in [5.41, 5.74) is 0.112. The van der Waals surface area contributed by atoms with Crippen LogP contribution in [0.3, 0.4) is 0 Å². The molecule has 0 aliphatic rings. The van der Waals surface area contributed by atoms with Crippen LogP contribution in [0.5, 0.6) is 5.75 Å². The molecule has 0 saturated carbocycles. The number of nitrogens with zero attached hydrogens (tertiary/aromatic N) is 2. The third-order valence-electron chi connectivity index (χ3n) is 4.24. The van der Waals surface area contributed by atoms with Crippen molar-refractivity contribution in [2.24, 2.45) is 0 Å². The van der Waals surface area contributed by atoms with Crippen LogP contribution in [-0.2, 0) is 9.53 Å². The highest BCUT2D eigenvalue weighted by molar-refractivity contribution is 5.95. The lowest BCUT2D eigenvalue weighted by Gasteiger charge is -2.25. The van der Waals surface area contributed by atoms with E-state index in [0.29, 0.717) is 18.7 Å². The SMILES string of the molecule is CCN(CC)C(=O)[C@H](OC(=O)c1cc([N+](=O)[O-])ccc1OC)c1ccccc1. The maximum Gasteiger partial charge on any atom is 0.343 e. The zero-order valence-electron chi connectivity index (χ0n) is 16.0. The fraction of sp³-hybridized carbons (Fsp3) is 0.300.